The lowest BCUT2D eigenvalue weighted by Crippen LogP contribution is -2.30. The molecule has 1 aromatic heterocycles. The summed E-state index contributed by atoms with van der Waals surface area (Å²) in [5.74, 6) is -0.386. The molecule has 1 aliphatic rings. The summed E-state index contributed by atoms with van der Waals surface area (Å²) in [7, 11) is 0. The predicted molar refractivity (Wildman–Crippen MR) is 113 cm³/mol. The third-order valence-corrected chi connectivity index (χ3v) is 5.67. The number of alkyl halides is 3. The normalized spacial score (nSPS) is 15.2. The predicted octanol–water partition coefficient (Wildman–Crippen LogP) is 3.04. The van der Waals surface area contributed by atoms with Crippen molar-refractivity contribution in [3.05, 3.63) is 58.3 Å². The van der Waals surface area contributed by atoms with Crippen LogP contribution >= 0.6 is 0 Å². The van der Waals surface area contributed by atoms with E-state index in [1.807, 2.05) is 23.1 Å². The molecule has 6 nitrogen and oxygen atoms in total. The number of benzene rings is 1. The van der Waals surface area contributed by atoms with Crippen molar-refractivity contribution in [1.82, 2.24) is 10.3 Å². The molecule has 0 bridgehead atoms. The van der Waals surface area contributed by atoms with Gasteiger partial charge in [0.15, 0.2) is 0 Å². The van der Waals surface area contributed by atoms with Gasteiger partial charge in [0.1, 0.15) is 11.5 Å². The van der Waals surface area contributed by atoms with E-state index in [1.54, 1.807) is 6.92 Å². The fourth-order valence-corrected chi connectivity index (χ4v) is 3.77. The quantitative estimate of drug-likeness (QED) is 0.621. The number of carbonyl (C=O) groups is 1. The molecule has 168 valence electrons. The minimum atomic E-state index is -4.51. The second-order valence-electron chi connectivity index (χ2n) is 7.75. The number of amides is 1. The molecule has 2 aromatic rings. The number of nitrogens with two attached hydrogens (primary N) is 2. The van der Waals surface area contributed by atoms with Gasteiger partial charge in [-0.25, -0.2) is 4.98 Å². The maximum atomic E-state index is 13.1. The van der Waals surface area contributed by atoms with Crippen molar-refractivity contribution in [2.75, 3.05) is 18.0 Å². The summed E-state index contributed by atoms with van der Waals surface area (Å²) in [4.78, 5) is 18.5. The minimum Gasteiger partial charge on any atom is -0.356 e. The molecule has 0 spiro atoms. The van der Waals surface area contributed by atoms with Gasteiger partial charge >= 0.3 is 6.18 Å². The lowest BCUT2D eigenvalue weighted by molar-refractivity contribution is -0.141. The molecule has 5 N–H and O–H groups in total. The van der Waals surface area contributed by atoms with Gasteiger partial charge in [0, 0.05) is 38.3 Å². The van der Waals surface area contributed by atoms with Crippen LogP contribution in [0.3, 0.4) is 0 Å². The first kappa shape index (κ1) is 23.0. The Hall–Kier alpha value is -2.65. The summed E-state index contributed by atoms with van der Waals surface area (Å²) in [6, 6.07) is 7.95. The molecule has 0 saturated carbocycles. The van der Waals surface area contributed by atoms with Crippen LogP contribution in [-0.2, 0) is 30.6 Å². The Morgan fingerprint density at radius 3 is 2.35 bits per heavy atom. The number of pyridine rings is 1. The van der Waals surface area contributed by atoms with E-state index < -0.39 is 17.8 Å². The topological polar surface area (TPSA) is 97.3 Å². The van der Waals surface area contributed by atoms with Gasteiger partial charge in [-0.05, 0) is 42.5 Å². The fraction of sp³-hybridized carbons (Fsp3) is 0.455. The molecule has 1 atom stereocenters. The highest BCUT2D eigenvalue weighted by atomic mass is 19.4. The number of halogens is 3. The number of nitrogens with one attached hydrogen (secondary N) is 1. The lowest BCUT2D eigenvalue weighted by Gasteiger charge is -2.22. The highest BCUT2D eigenvalue weighted by molar-refractivity contribution is 5.83. The number of anilines is 1. The van der Waals surface area contributed by atoms with Crippen LogP contribution in [0.2, 0.25) is 0 Å². The van der Waals surface area contributed by atoms with Gasteiger partial charge in [-0.1, -0.05) is 24.3 Å². The molecule has 1 amide bonds. The summed E-state index contributed by atoms with van der Waals surface area (Å²) < 4.78 is 39.4. The van der Waals surface area contributed by atoms with E-state index in [1.165, 1.54) is 6.07 Å². The summed E-state index contributed by atoms with van der Waals surface area (Å²) in [5, 5.41) is 2.84. The van der Waals surface area contributed by atoms with Crippen molar-refractivity contribution in [2.24, 2.45) is 11.5 Å². The fourth-order valence-electron chi connectivity index (χ4n) is 3.77. The summed E-state index contributed by atoms with van der Waals surface area (Å²) in [6.45, 7) is 3.88. The van der Waals surface area contributed by atoms with E-state index >= 15 is 0 Å². The van der Waals surface area contributed by atoms with Gasteiger partial charge in [0.2, 0.25) is 5.91 Å². The van der Waals surface area contributed by atoms with Gasteiger partial charge < -0.3 is 21.7 Å². The largest absolute Gasteiger partial charge is 0.433 e. The lowest BCUT2D eigenvalue weighted by atomic mass is 9.95. The molecule has 1 aromatic carbocycles. The number of carbonyl (C=O) groups excluding carboxylic acids is 1. The number of aromatic nitrogens is 1. The molecular weight excluding hydrogens is 407 g/mol. The smallest absolute Gasteiger partial charge is 0.356 e. The Kier molecular flexibility index (Phi) is 7.17. The first-order valence-electron chi connectivity index (χ1n) is 10.4. The summed E-state index contributed by atoms with van der Waals surface area (Å²) >= 11 is 0. The molecule has 0 aliphatic carbocycles. The Balaban J connectivity index is 1.76. The summed E-state index contributed by atoms with van der Waals surface area (Å²) in [5.41, 5.74) is 13.8. The second-order valence-corrected chi connectivity index (χ2v) is 7.75. The van der Waals surface area contributed by atoms with Crippen LogP contribution < -0.4 is 21.7 Å². The molecule has 1 saturated heterocycles. The highest BCUT2D eigenvalue weighted by Gasteiger charge is 2.34. The van der Waals surface area contributed by atoms with Crippen molar-refractivity contribution >= 4 is 11.7 Å². The molecule has 9 heteroatoms. The SMILES string of the molecule is CC(C(=O)NCc1ccc(C(F)(F)F)nc1N1CCCC1)c1ccc(CN)c(CN)c1. The average Bonchev–Trinajstić information content (AvgIpc) is 3.30. The van der Waals surface area contributed by atoms with Gasteiger partial charge in [0.25, 0.3) is 0 Å². The van der Waals surface area contributed by atoms with E-state index in [-0.39, 0.29) is 18.3 Å². The standard InChI is InChI=1S/C22H28F3N5O/c1-14(15-4-5-16(11-26)18(10-15)12-27)21(31)28-13-17-6-7-19(22(23,24)25)29-20(17)30-8-2-3-9-30/h4-7,10,14H,2-3,8-9,11-13,26-27H2,1H3,(H,28,31). The number of hydrogen-bond acceptors (Lipinski definition) is 5. The molecule has 31 heavy (non-hydrogen) atoms. The zero-order valence-electron chi connectivity index (χ0n) is 17.5. The van der Waals surface area contributed by atoms with Crippen LogP contribution in [0.25, 0.3) is 0 Å². The van der Waals surface area contributed by atoms with Crippen molar-refractivity contribution in [2.45, 2.75) is 51.5 Å². The van der Waals surface area contributed by atoms with E-state index in [4.69, 9.17) is 11.5 Å². The number of hydrogen-bond donors (Lipinski definition) is 3. The second kappa shape index (κ2) is 9.65. The summed E-state index contributed by atoms with van der Waals surface area (Å²) in [6.07, 6.45) is -2.70. The Bertz CT molecular complexity index is 926. The first-order chi connectivity index (χ1) is 14.7. The zero-order chi connectivity index (χ0) is 22.6. The minimum absolute atomic E-state index is 0.102. The average molecular weight is 435 g/mol. The molecule has 1 aliphatic heterocycles. The highest BCUT2D eigenvalue weighted by Crippen LogP contribution is 2.31. The van der Waals surface area contributed by atoms with Crippen molar-refractivity contribution in [1.29, 1.82) is 0 Å². The van der Waals surface area contributed by atoms with Crippen LogP contribution in [0.1, 0.15) is 53.6 Å². The Morgan fingerprint density at radius 2 is 1.74 bits per heavy atom. The van der Waals surface area contributed by atoms with Crippen LogP contribution in [0, 0.1) is 0 Å². The van der Waals surface area contributed by atoms with Crippen LogP contribution in [-0.4, -0.2) is 24.0 Å². The van der Waals surface area contributed by atoms with Crippen LogP contribution in [0.15, 0.2) is 30.3 Å². The maximum Gasteiger partial charge on any atom is 0.433 e. The van der Waals surface area contributed by atoms with E-state index in [9.17, 15) is 18.0 Å². The molecule has 0 radical (unpaired) electrons. The third-order valence-electron chi connectivity index (χ3n) is 5.67. The van der Waals surface area contributed by atoms with Crippen molar-refractivity contribution in [3.63, 3.8) is 0 Å². The number of nitrogens with zero attached hydrogens (tertiary/aromatic N) is 2. The van der Waals surface area contributed by atoms with Crippen molar-refractivity contribution < 1.29 is 18.0 Å². The van der Waals surface area contributed by atoms with Gasteiger partial charge in [-0.2, -0.15) is 13.2 Å². The van der Waals surface area contributed by atoms with Gasteiger partial charge in [-0.15, -0.1) is 0 Å². The number of rotatable bonds is 7. The van der Waals surface area contributed by atoms with E-state index in [2.05, 4.69) is 10.3 Å². The van der Waals surface area contributed by atoms with Crippen LogP contribution in [0.5, 0.6) is 0 Å². The molecule has 2 heterocycles. The first-order valence-corrected chi connectivity index (χ1v) is 10.4. The molecule has 3 rings (SSSR count). The van der Waals surface area contributed by atoms with E-state index in [0.29, 0.717) is 31.7 Å². The zero-order valence-corrected chi connectivity index (χ0v) is 17.5. The maximum absolute atomic E-state index is 13.1. The molecule has 1 fully saturated rings. The van der Waals surface area contributed by atoms with Crippen molar-refractivity contribution in [3.8, 4) is 0 Å². The van der Waals surface area contributed by atoms with Crippen LogP contribution in [0.4, 0.5) is 19.0 Å². The van der Waals surface area contributed by atoms with Gasteiger partial charge in [-0.3, -0.25) is 4.79 Å². The third kappa shape index (κ3) is 5.34. The Labute approximate surface area is 179 Å². The monoisotopic (exact) mass is 435 g/mol. The Morgan fingerprint density at radius 1 is 1.10 bits per heavy atom. The molecule has 1 unspecified atom stereocenters. The van der Waals surface area contributed by atoms with E-state index in [0.717, 1.165) is 35.6 Å². The molecular formula is C22H28F3N5O. The van der Waals surface area contributed by atoms with Gasteiger partial charge in [0.05, 0.1) is 5.92 Å².